The minimum absolute atomic E-state index is 0.214. The van der Waals surface area contributed by atoms with Gasteiger partial charge in [-0.15, -0.1) is 0 Å². The molecule has 0 aliphatic heterocycles. The van der Waals surface area contributed by atoms with Gasteiger partial charge in [-0.3, -0.25) is 4.68 Å². The molecule has 0 unspecified atom stereocenters. The Morgan fingerprint density at radius 3 is 2.29 bits per heavy atom. The first-order valence-electron chi connectivity index (χ1n) is 5.91. The van der Waals surface area contributed by atoms with Gasteiger partial charge in [0, 0.05) is 18.6 Å². The Balaban J connectivity index is 0.000000581. The SMILES string of the molecule is CC.CC.Cc1cc2cn(C)nc2c(F)c1O. The second-order valence-electron chi connectivity index (χ2n) is 3.10. The average Bonchev–Trinajstić information content (AvgIpc) is 2.72. The summed E-state index contributed by atoms with van der Waals surface area (Å²) in [6.07, 6.45) is 1.71. The maximum absolute atomic E-state index is 13.3. The van der Waals surface area contributed by atoms with Crippen molar-refractivity contribution in [1.82, 2.24) is 9.78 Å². The standard InChI is InChI=1S/C9H9FN2O.2C2H6/c1-5-3-6-4-12(2)11-8(6)7(10)9(5)13;2*1-2/h3-4,13H,1-2H3;2*1-2H3. The number of phenolic OH excluding ortho intramolecular Hbond substituents is 1. The second kappa shape index (κ2) is 6.89. The molecule has 0 saturated heterocycles. The number of hydrogen-bond acceptors (Lipinski definition) is 2. The summed E-state index contributed by atoms with van der Waals surface area (Å²) in [7, 11) is 1.71. The lowest BCUT2D eigenvalue weighted by atomic mass is 10.1. The molecular weight excluding hydrogens is 219 g/mol. The summed E-state index contributed by atoms with van der Waals surface area (Å²) in [6.45, 7) is 9.66. The molecule has 3 nitrogen and oxygen atoms in total. The number of aryl methyl sites for hydroxylation is 2. The zero-order chi connectivity index (χ0) is 13.6. The van der Waals surface area contributed by atoms with Crippen molar-refractivity contribution in [1.29, 1.82) is 0 Å². The number of aromatic nitrogens is 2. The number of halogens is 1. The Morgan fingerprint density at radius 1 is 1.24 bits per heavy atom. The van der Waals surface area contributed by atoms with Gasteiger partial charge in [-0.2, -0.15) is 5.10 Å². The average molecular weight is 240 g/mol. The van der Waals surface area contributed by atoms with E-state index in [4.69, 9.17) is 0 Å². The van der Waals surface area contributed by atoms with E-state index >= 15 is 0 Å². The van der Waals surface area contributed by atoms with Crippen molar-refractivity contribution in [2.45, 2.75) is 34.6 Å². The minimum Gasteiger partial charge on any atom is -0.505 e. The van der Waals surface area contributed by atoms with Crippen molar-refractivity contribution in [3.05, 3.63) is 23.6 Å². The van der Waals surface area contributed by atoms with Gasteiger partial charge in [-0.1, -0.05) is 27.7 Å². The van der Waals surface area contributed by atoms with Crippen molar-refractivity contribution < 1.29 is 9.50 Å². The molecule has 0 atom stereocenters. The number of phenols is 1. The first kappa shape index (κ1) is 15.4. The molecule has 17 heavy (non-hydrogen) atoms. The smallest absolute Gasteiger partial charge is 0.193 e. The molecule has 0 radical (unpaired) electrons. The molecule has 2 rings (SSSR count). The summed E-state index contributed by atoms with van der Waals surface area (Å²) in [5.41, 5.74) is 0.739. The van der Waals surface area contributed by atoms with Gasteiger partial charge in [0.25, 0.3) is 0 Å². The van der Waals surface area contributed by atoms with Gasteiger partial charge >= 0.3 is 0 Å². The molecule has 0 fully saturated rings. The molecule has 0 spiro atoms. The maximum atomic E-state index is 13.3. The third kappa shape index (κ3) is 3.19. The van der Waals surface area contributed by atoms with Crippen molar-refractivity contribution in [2.75, 3.05) is 0 Å². The van der Waals surface area contributed by atoms with Crippen LogP contribution in [0.4, 0.5) is 4.39 Å². The van der Waals surface area contributed by atoms with E-state index in [1.165, 1.54) is 4.68 Å². The van der Waals surface area contributed by atoms with Crippen molar-refractivity contribution >= 4 is 10.9 Å². The molecule has 0 aliphatic carbocycles. The van der Waals surface area contributed by atoms with Gasteiger partial charge in [0.05, 0.1) is 0 Å². The van der Waals surface area contributed by atoms with Crippen LogP contribution in [-0.4, -0.2) is 14.9 Å². The highest BCUT2D eigenvalue weighted by molar-refractivity contribution is 5.81. The van der Waals surface area contributed by atoms with Gasteiger partial charge in [0.2, 0.25) is 0 Å². The molecule has 0 aliphatic rings. The molecule has 1 N–H and O–H groups in total. The van der Waals surface area contributed by atoms with E-state index in [0.717, 1.165) is 0 Å². The Labute approximate surface area is 102 Å². The van der Waals surface area contributed by atoms with Crippen LogP contribution in [0.15, 0.2) is 12.3 Å². The van der Waals surface area contributed by atoms with Crippen LogP contribution in [0.1, 0.15) is 33.3 Å². The summed E-state index contributed by atoms with van der Waals surface area (Å²) in [5, 5.41) is 13.9. The lowest BCUT2D eigenvalue weighted by Gasteiger charge is -1.99. The zero-order valence-electron chi connectivity index (χ0n) is 11.4. The topological polar surface area (TPSA) is 38.0 Å². The first-order valence-corrected chi connectivity index (χ1v) is 5.91. The molecule has 0 amide bonds. The summed E-state index contributed by atoms with van der Waals surface area (Å²) in [6, 6.07) is 1.71. The molecule has 1 aromatic heterocycles. The minimum atomic E-state index is -0.643. The number of nitrogens with zero attached hydrogens (tertiary/aromatic N) is 2. The van der Waals surface area contributed by atoms with Crippen molar-refractivity contribution in [3.63, 3.8) is 0 Å². The van der Waals surface area contributed by atoms with Crippen LogP contribution in [0.25, 0.3) is 10.9 Å². The third-order valence-corrected chi connectivity index (χ3v) is 2.02. The summed E-state index contributed by atoms with van der Waals surface area (Å²) in [4.78, 5) is 0. The lowest BCUT2D eigenvalue weighted by Crippen LogP contribution is -1.87. The highest BCUT2D eigenvalue weighted by atomic mass is 19.1. The summed E-state index contributed by atoms with van der Waals surface area (Å²) < 4.78 is 14.9. The highest BCUT2D eigenvalue weighted by Crippen LogP contribution is 2.27. The van der Waals surface area contributed by atoms with Crippen LogP contribution in [0.5, 0.6) is 5.75 Å². The van der Waals surface area contributed by atoms with Crippen LogP contribution >= 0.6 is 0 Å². The second-order valence-corrected chi connectivity index (χ2v) is 3.10. The van der Waals surface area contributed by atoms with E-state index in [2.05, 4.69) is 5.10 Å². The van der Waals surface area contributed by atoms with Gasteiger partial charge in [0.15, 0.2) is 11.6 Å². The van der Waals surface area contributed by atoms with Gasteiger partial charge < -0.3 is 5.11 Å². The number of rotatable bonds is 0. The molecule has 1 aromatic carbocycles. The Kier molecular flexibility index (Phi) is 6.25. The maximum Gasteiger partial charge on any atom is 0.193 e. The fourth-order valence-corrected chi connectivity index (χ4v) is 1.37. The zero-order valence-corrected chi connectivity index (χ0v) is 11.4. The summed E-state index contributed by atoms with van der Waals surface area (Å²) >= 11 is 0. The fourth-order valence-electron chi connectivity index (χ4n) is 1.37. The molecule has 1 heterocycles. The van der Waals surface area contributed by atoms with E-state index in [9.17, 15) is 9.50 Å². The largest absolute Gasteiger partial charge is 0.505 e. The van der Waals surface area contributed by atoms with Crippen molar-refractivity contribution in [2.24, 2.45) is 7.05 Å². The Morgan fingerprint density at radius 2 is 1.76 bits per heavy atom. The van der Waals surface area contributed by atoms with E-state index in [0.29, 0.717) is 10.9 Å². The summed E-state index contributed by atoms with van der Waals surface area (Å²) in [5.74, 6) is -0.957. The highest BCUT2D eigenvalue weighted by Gasteiger charge is 2.12. The number of aromatic hydroxyl groups is 1. The van der Waals surface area contributed by atoms with E-state index < -0.39 is 5.82 Å². The quantitative estimate of drug-likeness (QED) is 0.761. The van der Waals surface area contributed by atoms with E-state index in [-0.39, 0.29) is 11.3 Å². The van der Waals surface area contributed by atoms with Crippen LogP contribution in [0, 0.1) is 12.7 Å². The lowest BCUT2D eigenvalue weighted by molar-refractivity contribution is 0.431. The monoisotopic (exact) mass is 240 g/mol. The number of hydrogen-bond donors (Lipinski definition) is 1. The molecule has 96 valence electrons. The predicted molar refractivity (Wildman–Crippen MR) is 69.8 cm³/mol. The van der Waals surface area contributed by atoms with E-state index in [1.54, 1.807) is 26.2 Å². The fraction of sp³-hybridized carbons (Fsp3) is 0.462. The van der Waals surface area contributed by atoms with Crippen LogP contribution in [-0.2, 0) is 7.05 Å². The molecule has 2 aromatic rings. The first-order chi connectivity index (χ1) is 8.09. The van der Waals surface area contributed by atoms with Crippen LogP contribution < -0.4 is 0 Å². The normalized spacial score (nSPS) is 9.12. The van der Waals surface area contributed by atoms with Crippen molar-refractivity contribution in [3.8, 4) is 5.75 Å². The predicted octanol–water partition coefficient (Wildman–Crippen LogP) is 3.78. The third-order valence-electron chi connectivity index (χ3n) is 2.02. The van der Waals surface area contributed by atoms with Gasteiger partial charge in [0.1, 0.15) is 5.52 Å². The van der Waals surface area contributed by atoms with Crippen LogP contribution in [0.3, 0.4) is 0 Å². The van der Waals surface area contributed by atoms with Gasteiger partial charge in [-0.05, 0) is 18.6 Å². The number of fused-ring (bicyclic) bond motifs is 1. The van der Waals surface area contributed by atoms with Gasteiger partial charge in [-0.25, -0.2) is 4.39 Å². The Hall–Kier alpha value is -1.58. The number of benzene rings is 1. The molecule has 4 heteroatoms. The molecular formula is C13H21FN2O. The van der Waals surface area contributed by atoms with E-state index in [1.807, 2.05) is 27.7 Å². The van der Waals surface area contributed by atoms with Crippen LogP contribution in [0.2, 0.25) is 0 Å². The molecule has 0 bridgehead atoms. The Bertz CT molecular complexity index is 478. The molecule has 0 saturated carbocycles.